The molecule has 0 amide bonds. The Balaban J connectivity index is 2.03. The number of nitrogens with zero attached hydrogens (tertiary/aromatic N) is 1. The summed E-state index contributed by atoms with van der Waals surface area (Å²) in [5, 5.41) is 1.77. The molecule has 1 aromatic heterocycles. The van der Waals surface area contributed by atoms with Crippen LogP contribution in [0.5, 0.6) is 0 Å². The van der Waals surface area contributed by atoms with E-state index in [1.165, 1.54) is 6.07 Å². The number of rotatable bonds is 2. The molecule has 0 aliphatic heterocycles. The van der Waals surface area contributed by atoms with Gasteiger partial charge in [0.05, 0.1) is 6.54 Å². The Bertz CT molecular complexity index is 751. The molecule has 2 aromatic carbocycles. The average molecular weight is 339 g/mol. The highest BCUT2D eigenvalue weighted by molar-refractivity contribution is 9.10. The van der Waals surface area contributed by atoms with E-state index in [-0.39, 0.29) is 5.82 Å². The lowest BCUT2D eigenvalue weighted by molar-refractivity contribution is 0.601. The van der Waals surface area contributed by atoms with E-state index in [0.29, 0.717) is 17.1 Å². The van der Waals surface area contributed by atoms with Crippen molar-refractivity contribution in [2.45, 2.75) is 6.54 Å². The van der Waals surface area contributed by atoms with Crippen molar-refractivity contribution >= 4 is 38.4 Å². The monoisotopic (exact) mass is 337 g/mol. The summed E-state index contributed by atoms with van der Waals surface area (Å²) in [5.74, 6) is -0.195. The van der Waals surface area contributed by atoms with Crippen molar-refractivity contribution in [2.24, 2.45) is 0 Å². The highest BCUT2D eigenvalue weighted by Crippen LogP contribution is 2.23. The predicted octanol–water partition coefficient (Wildman–Crippen LogP) is 5.24. The van der Waals surface area contributed by atoms with Crippen molar-refractivity contribution in [1.29, 1.82) is 0 Å². The van der Waals surface area contributed by atoms with Gasteiger partial charge in [0.25, 0.3) is 0 Å². The Labute approximate surface area is 123 Å². The number of halogens is 3. The van der Waals surface area contributed by atoms with Gasteiger partial charge in [0, 0.05) is 32.2 Å². The summed E-state index contributed by atoms with van der Waals surface area (Å²) in [5.41, 5.74) is 1.70. The van der Waals surface area contributed by atoms with Gasteiger partial charge < -0.3 is 4.57 Å². The third-order valence-corrected chi connectivity index (χ3v) is 3.81. The fourth-order valence-electron chi connectivity index (χ4n) is 2.16. The second-order valence-corrected chi connectivity index (χ2v) is 5.73. The van der Waals surface area contributed by atoms with Crippen LogP contribution in [0.2, 0.25) is 5.02 Å². The predicted molar refractivity (Wildman–Crippen MR) is 80.2 cm³/mol. The first-order valence-corrected chi connectivity index (χ1v) is 6.99. The van der Waals surface area contributed by atoms with E-state index < -0.39 is 0 Å². The van der Waals surface area contributed by atoms with Crippen LogP contribution in [0.25, 0.3) is 10.9 Å². The Morgan fingerprint density at radius 1 is 1.11 bits per heavy atom. The van der Waals surface area contributed by atoms with Crippen molar-refractivity contribution in [1.82, 2.24) is 4.57 Å². The third kappa shape index (κ3) is 2.53. The van der Waals surface area contributed by atoms with E-state index >= 15 is 0 Å². The molecule has 0 aliphatic carbocycles. The molecule has 0 radical (unpaired) electrons. The van der Waals surface area contributed by atoms with Crippen LogP contribution in [-0.2, 0) is 6.54 Å². The smallest absolute Gasteiger partial charge is 0.128 e. The summed E-state index contributed by atoms with van der Waals surface area (Å²) < 4.78 is 16.7. The number of fused-ring (bicyclic) bond motifs is 1. The first-order chi connectivity index (χ1) is 9.13. The van der Waals surface area contributed by atoms with Gasteiger partial charge >= 0.3 is 0 Å². The minimum absolute atomic E-state index is 0.195. The molecule has 0 fully saturated rings. The molecule has 3 aromatic rings. The van der Waals surface area contributed by atoms with Crippen LogP contribution >= 0.6 is 27.5 Å². The normalized spacial score (nSPS) is 11.1. The van der Waals surface area contributed by atoms with Crippen molar-refractivity contribution < 1.29 is 4.39 Å². The second kappa shape index (κ2) is 4.99. The first-order valence-electron chi connectivity index (χ1n) is 5.82. The van der Waals surface area contributed by atoms with Crippen molar-refractivity contribution in [3.05, 3.63) is 69.5 Å². The summed E-state index contributed by atoms with van der Waals surface area (Å²) in [7, 11) is 0. The zero-order valence-corrected chi connectivity index (χ0v) is 12.2. The molecule has 0 atom stereocenters. The number of hydrogen-bond donors (Lipinski definition) is 0. The van der Waals surface area contributed by atoms with Gasteiger partial charge in [-0.1, -0.05) is 27.5 Å². The fraction of sp³-hybridized carbons (Fsp3) is 0.0667. The molecule has 0 saturated heterocycles. The maximum absolute atomic E-state index is 13.8. The highest BCUT2D eigenvalue weighted by atomic mass is 79.9. The SMILES string of the molecule is Fc1ccc(Br)cc1Cn1ccc2cc(Cl)ccc21. The summed E-state index contributed by atoms with van der Waals surface area (Å²) >= 11 is 9.32. The molecular weight excluding hydrogens is 329 g/mol. The number of hydrogen-bond acceptors (Lipinski definition) is 0. The second-order valence-electron chi connectivity index (χ2n) is 4.38. The first kappa shape index (κ1) is 12.7. The molecule has 0 unspecified atom stereocenters. The summed E-state index contributed by atoms with van der Waals surface area (Å²) in [4.78, 5) is 0. The zero-order valence-electron chi connectivity index (χ0n) is 9.91. The van der Waals surface area contributed by atoms with Crippen LogP contribution in [0.4, 0.5) is 4.39 Å². The largest absolute Gasteiger partial charge is 0.343 e. The molecule has 0 saturated carbocycles. The van der Waals surface area contributed by atoms with Crippen molar-refractivity contribution in [3.63, 3.8) is 0 Å². The van der Waals surface area contributed by atoms with E-state index in [9.17, 15) is 4.39 Å². The van der Waals surface area contributed by atoms with Crippen LogP contribution in [0, 0.1) is 5.82 Å². The minimum atomic E-state index is -0.195. The van der Waals surface area contributed by atoms with E-state index in [2.05, 4.69) is 15.9 Å². The van der Waals surface area contributed by atoms with E-state index in [1.54, 1.807) is 12.1 Å². The summed E-state index contributed by atoms with van der Waals surface area (Å²) in [6.45, 7) is 0.496. The van der Waals surface area contributed by atoms with Gasteiger partial charge in [0.2, 0.25) is 0 Å². The molecule has 0 spiro atoms. The number of aromatic nitrogens is 1. The van der Waals surface area contributed by atoms with Crippen LogP contribution in [0.1, 0.15) is 5.56 Å². The Morgan fingerprint density at radius 2 is 1.95 bits per heavy atom. The van der Waals surface area contributed by atoms with Crippen molar-refractivity contribution in [2.75, 3.05) is 0 Å². The Kier molecular flexibility index (Phi) is 3.33. The zero-order chi connectivity index (χ0) is 13.4. The molecule has 3 rings (SSSR count). The van der Waals surface area contributed by atoms with Crippen LogP contribution in [-0.4, -0.2) is 4.57 Å². The maximum Gasteiger partial charge on any atom is 0.128 e. The molecular formula is C15H10BrClFN. The molecule has 1 nitrogen and oxygen atoms in total. The van der Waals surface area contributed by atoms with Gasteiger partial charge in [-0.15, -0.1) is 0 Å². The highest BCUT2D eigenvalue weighted by Gasteiger charge is 2.06. The standard InChI is InChI=1S/C15H10BrClFN/c16-12-1-3-14(18)11(7-12)9-19-6-5-10-8-13(17)2-4-15(10)19/h1-8H,9H2. The lowest BCUT2D eigenvalue weighted by Gasteiger charge is -2.07. The van der Waals surface area contributed by atoms with Gasteiger partial charge in [-0.2, -0.15) is 0 Å². The minimum Gasteiger partial charge on any atom is -0.343 e. The van der Waals surface area contributed by atoms with E-state index in [0.717, 1.165) is 15.4 Å². The Morgan fingerprint density at radius 3 is 2.79 bits per heavy atom. The van der Waals surface area contributed by atoms with Gasteiger partial charge in [-0.25, -0.2) is 4.39 Å². The van der Waals surface area contributed by atoms with Gasteiger partial charge in [-0.3, -0.25) is 0 Å². The quantitative estimate of drug-likeness (QED) is 0.602. The Hall–Kier alpha value is -1.32. The third-order valence-electron chi connectivity index (χ3n) is 3.08. The molecule has 0 aliphatic rings. The lowest BCUT2D eigenvalue weighted by atomic mass is 10.2. The summed E-state index contributed by atoms with van der Waals surface area (Å²) in [6, 6.07) is 12.7. The average Bonchev–Trinajstić information content (AvgIpc) is 2.76. The fourth-order valence-corrected chi connectivity index (χ4v) is 2.75. The number of benzene rings is 2. The van der Waals surface area contributed by atoms with Crippen LogP contribution in [0.15, 0.2) is 53.1 Å². The molecule has 0 N–H and O–H groups in total. The molecule has 4 heteroatoms. The van der Waals surface area contributed by atoms with E-state index in [1.807, 2.05) is 35.0 Å². The summed E-state index contributed by atoms with van der Waals surface area (Å²) in [6.07, 6.45) is 1.95. The van der Waals surface area contributed by atoms with E-state index in [4.69, 9.17) is 11.6 Å². The maximum atomic E-state index is 13.8. The topological polar surface area (TPSA) is 4.93 Å². The molecule has 1 heterocycles. The lowest BCUT2D eigenvalue weighted by Crippen LogP contribution is -2.00. The molecule has 0 bridgehead atoms. The van der Waals surface area contributed by atoms with Crippen LogP contribution in [0.3, 0.4) is 0 Å². The van der Waals surface area contributed by atoms with Gasteiger partial charge in [-0.05, 0) is 42.5 Å². The van der Waals surface area contributed by atoms with Crippen LogP contribution < -0.4 is 0 Å². The van der Waals surface area contributed by atoms with Crippen molar-refractivity contribution in [3.8, 4) is 0 Å². The van der Waals surface area contributed by atoms with Gasteiger partial charge in [0.15, 0.2) is 0 Å². The molecule has 96 valence electrons. The van der Waals surface area contributed by atoms with Gasteiger partial charge in [0.1, 0.15) is 5.82 Å². The molecule has 19 heavy (non-hydrogen) atoms.